The Morgan fingerprint density at radius 1 is 1.12 bits per heavy atom. The number of carboxylic acids is 1. The number of fused-ring (bicyclic) bond motifs is 1. The number of carbonyl (C=O) groups excluding carboxylic acids is 1. The van der Waals surface area contributed by atoms with Crippen LogP contribution in [0.2, 0.25) is 0 Å². The minimum absolute atomic E-state index is 0.0764. The second kappa shape index (κ2) is 10.9. The smallest absolute Gasteiger partial charge is 0.335 e. The van der Waals surface area contributed by atoms with E-state index < -0.39 is 5.97 Å². The number of allylic oxidation sites excluding steroid dienone is 1. The molecule has 0 atom stereocenters. The predicted molar refractivity (Wildman–Crippen MR) is 132 cm³/mol. The maximum Gasteiger partial charge on any atom is 0.335 e. The molecule has 3 rings (SSSR count). The molecule has 6 heteroatoms. The highest BCUT2D eigenvalue weighted by atomic mass is 16.5. The molecular weight excluding hydrogens is 416 g/mol. The Morgan fingerprint density at radius 2 is 1.85 bits per heavy atom. The molecule has 0 aliphatic carbocycles. The van der Waals surface area contributed by atoms with Crippen molar-refractivity contribution >= 4 is 28.9 Å². The minimum Gasteiger partial charge on any atom is -0.496 e. The Hall–Kier alpha value is -3.54. The molecule has 0 aliphatic heterocycles. The molecule has 2 aromatic carbocycles. The van der Waals surface area contributed by atoms with Crippen LogP contribution in [-0.4, -0.2) is 35.2 Å². The Labute approximate surface area is 194 Å². The summed E-state index contributed by atoms with van der Waals surface area (Å²) in [5.74, 6) is -0.0781. The first-order valence-electron chi connectivity index (χ1n) is 11.4. The third kappa shape index (κ3) is 5.45. The van der Waals surface area contributed by atoms with Crippen LogP contribution in [0, 0.1) is 5.92 Å². The second-order valence-corrected chi connectivity index (χ2v) is 8.17. The Balaban J connectivity index is 1.98. The summed E-state index contributed by atoms with van der Waals surface area (Å²) < 4.78 is 7.53. The summed E-state index contributed by atoms with van der Waals surface area (Å²) in [7, 11) is 1.53. The molecule has 33 heavy (non-hydrogen) atoms. The molecule has 3 aromatic rings. The van der Waals surface area contributed by atoms with Gasteiger partial charge in [0.25, 0.3) is 5.91 Å². The van der Waals surface area contributed by atoms with Crippen LogP contribution in [0.15, 0.2) is 48.7 Å². The third-order valence-electron chi connectivity index (χ3n) is 6.10. The maximum absolute atomic E-state index is 12.8. The molecule has 0 aliphatic rings. The quantitative estimate of drug-likeness (QED) is 0.423. The molecule has 0 spiro atoms. The van der Waals surface area contributed by atoms with E-state index in [2.05, 4.69) is 23.7 Å². The van der Waals surface area contributed by atoms with Gasteiger partial charge in [-0.15, -0.1) is 0 Å². The highest BCUT2D eigenvalue weighted by Gasteiger charge is 2.15. The number of nitrogens with zero attached hydrogens (tertiary/aromatic N) is 1. The van der Waals surface area contributed by atoms with Crippen LogP contribution in [0.3, 0.4) is 0 Å². The lowest BCUT2D eigenvalue weighted by Crippen LogP contribution is -2.28. The van der Waals surface area contributed by atoms with E-state index in [0.29, 0.717) is 30.3 Å². The van der Waals surface area contributed by atoms with Gasteiger partial charge in [-0.1, -0.05) is 51.0 Å². The molecule has 174 valence electrons. The van der Waals surface area contributed by atoms with E-state index in [9.17, 15) is 14.7 Å². The summed E-state index contributed by atoms with van der Waals surface area (Å²) in [5.41, 5.74) is 3.64. The number of nitrogens with one attached hydrogen (secondary N) is 1. The first-order chi connectivity index (χ1) is 15.9. The number of hydrogen-bond donors (Lipinski definition) is 2. The van der Waals surface area contributed by atoms with E-state index in [4.69, 9.17) is 4.74 Å². The van der Waals surface area contributed by atoms with Crippen LogP contribution in [0.5, 0.6) is 5.75 Å². The molecular formula is C27H32N2O4. The zero-order valence-corrected chi connectivity index (χ0v) is 19.7. The lowest BCUT2D eigenvalue weighted by Gasteiger charge is -2.14. The molecule has 6 nitrogen and oxygen atoms in total. The maximum atomic E-state index is 12.8. The summed E-state index contributed by atoms with van der Waals surface area (Å²) >= 11 is 0. The van der Waals surface area contributed by atoms with Crippen molar-refractivity contribution in [2.75, 3.05) is 13.7 Å². The van der Waals surface area contributed by atoms with Crippen molar-refractivity contribution in [3.8, 4) is 5.75 Å². The van der Waals surface area contributed by atoms with E-state index in [1.165, 1.54) is 13.2 Å². The summed E-state index contributed by atoms with van der Waals surface area (Å²) in [6.45, 7) is 7.40. The monoisotopic (exact) mass is 448 g/mol. The van der Waals surface area contributed by atoms with Gasteiger partial charge >= 0.3 is 5.97 Å². The van der Waals surface area contributed by atoms with E-state index in [1.807, 2.05) is 43.5 Å². The lowest BCUT2D eigenvalue weighted by molar-refractivity contribution is 0.0696. The summed E-state index contributed by atoms with van der Waals surface area (Å²) in [6.07, 6.45) is 8.14. The number of aromatic carboxylic acids is 1. The Morgan fingerprint density at radius 3 is 2.48 bits per heavy atom. The lowest BCUT2D eigenvalue weighted by atomic mass is 10.0. The van der Waals surface area contributed by atoms with E-state index in [1.54, 1.807) is 12.1 Å². The van der Waals surface area contributed by atoms with Crippen LogP contribution >= 0.6 is 0 Å². The van der Waals surface area contributed by atoms with Gasteiger partial charge in [-0.25, -0.2) is 4.79 Å². The number of benzene rings is 2. The average Bonchev–Trinajstić information content (AvgIpc) is 3.16. The minimum atomic E-state index is -0.995. The topological polar surface area (TPSA) is 80.6 Å². The van der Waals surface area contributed by atoms with Crippen LogP contribution in [0.4, 0.5) is 0 Å². The zero-order chi connectivity index (χ0) is 24.0. The van der Waals surface area contributed by atoms with Crippen LogP contribution in [0.1, 0.15) is 65.5 Å². The largest absolute Gasteiger partial charge is 0.496 e. The van der Waals surface area contributed by atoms with E-state index in [-0.39, 0.29) is 11.5 Å². The number of methoxy groups -OCH3 is 1. The number of amides is 1. The summed E-state index contributed by atoms with van der Waals surface area (Å²) in [5, 5.41) is 13.4. The molecule has 0 unspecified atom stereocenters. The highest BCUT2D eigenvalue weighted by Crippen LogP contribution is 2.28. The van der Waals surface area contributed by atoms with Crippen molar-refractivity contribution in [2.45, 2.75) is 40.2 Å². The molecule has 1 aromatic heterocycles. The normalized spacial score (nSPS) is 11.4. The fourth-order valence-corrected chi connectivity index (χ4v) is 4.01. The Kier molecular flexibility index (Phi) is 7.93. The van der Waals surface area contributed by atoms with Gasteiger partial charge in [0.05, 0.1) is 19.2 Å². The second-order valence-electron chi connectivity index (χ2n) is 8.17. The SMILES string of the molecule is C/C=C\c1cn(Cc2ccc(C(=O)O)cc2OC)c2cc(C(=O)NCC(CC)CC)ccc12. The van der Waals surface area contributed by atoms with E-state index >= 15 is 0 Å². The predicted octanol–water partition coefficient (Wildman–Crippen LogP) is 5.60. The van der Waals surface area contributed by atoms with Gasteiger partial charge in [-0.2, -0.15) is 0 Å². The van der Waals surface area contributed by atoms with Gasteiger partial charge in [0.1, 0.15) is 5.75 Å². The third-order valence-corrected chi connectivity index (χ3v) is 6.10. The molecule has 1 heterocycles. The van der Waals surface area contributed by atoms with Crippen molar-refractivity contribution in [3.63, 3.8) is 0 Å². The fourth-order valence-electron chi connectivity index (χ4n) is 4.01. The summed E-state index contributed by atoms with van der Waals surface area (Å²) in [6, 6.07) is 10.7. The van der Waals surface area contributed by atoms with Crippen molar-refractivity contribution < 1.29 is 19.4 Å². The van der Waals surface area contributed by atoms with Crippen molar-refractivity contribution in [1.82, 2.24) is 9.88 Å². The molecule has 2 N–H and O–H groups in total. The molecule has 0 radical (unpaired) electrons. The standard InChI is InChI=1S/C27H32N2O4/c1-5-8-21-16-29(17-22-10-9-20(27(31)32)14-25(22)33-4)24-13-19(11-12-23(21)24)26(30)28-15-18(6-2)7-3/h5,8-14,16,18H,6-7,15,17H2,1-4H3,(H,28,30)(H,31,32)/b8-5-. The van der Waals surface area contributed by atoms with Gasteiger partial charge in [-0.05, 0) is 42.7 Å². The highest BCUT2D eigenvalue weighted by molar-refractivity contribution is 6.00. The van der Waals surface area contributed by atoms with Crippen molar-refractivity contribution in [3.05, 3.63) is 70.9 Å². The number of hydrogen-bond acceptors (Lipinski definition) is 3. The fraction of sp³-hybridized carbons (Fsp3) is 0.333. The molecule has 1 amide bonds. The number of ether oxygens (including phenoxy) is 1. The van der Waals surface area contributed by atoms with Gasteiger partial charge in [0.15, 0.2) is 0 Å². The van der Waals surface area contributed by atoms with Gasteiger partial charge in [-0.3, -0.25) is 4.79 Å². The zero-order valence-electron chi connectivity index (χ0n) is 19.7. The number of carboxylic acid groups (broad SMARTS) is 1. The molecule has 0 saturated carbocycles. The number of rotatable bonds is 10. The average molecular weight is 449 g/mol. The van der Waals surface area contributed by atoms with Crippen molar-refractivity contribution in [1.29, 1.82) is 0 Å². The van der Waals surface area contributed by atoms with Crippen LogP contribution < -0.4 is 10.1 Å². The van der Waals surface area contributed by atoms with Crippen molar-refractivity contribution in [2.24, 2.45) is 5.92 Å². The van der Waals surface area contributed by atoms with Gasteiger partial charge in [0.2, 0.25) is 0 Å². The van der Waals surface area contributed by atoms with E-state index in [0.717, 1.165) is 34.9 Å². The Bertz CT molecular complexity index is 1170. The number of carbonyl (C=O) groups is 2. The number of aromatic nitrogens is 1. The van der Waals surface area contributed by atoms with Crippen LogP contribution in [-0.2, 0) is 6.54 Å². The molecule has 0 saturated heterocycles. The first kappa shape index (κ1) is 24.1. The first-order valence-corrected chi connectivity index (χ1v) is 11.4. The summed E-state index contributed by atoms with van der Waals surface area (Å²) in [4.78, 5) is 24.1. The van der Waals surface area contributed by atoms with Gasteiger partial charge in [0, 0.05) is 34.8 Å². The van der Waals surface area contributed by atoms with Crippen LogP contribution in [0.25, 0.3) is 17.0 Å². The molecule has 0 fully saturated rings. The molecule has 0 bridgehead atoms. The van der Waals surface area contributed by atoms with Gasteiger partial charge < -0.3 is 19.7 Å².